The lowest BCUT2D eigenvalue weighted by atomic mass is 10.1. The summed E-state index contributed by atoms with van der Waals surface area (Å²) >= 11 is 5.99. The standard InChI is InChI=1S/C19H19ClN2O3/c1-11(15-6-5-14(24-2)10-18(15)25-3)21-19(23)17-9-12-8-13(20)4-7-16(12)22-17/h4-11,22H,1-3H3,(H,21,23). The second-order valence-electron chi connectivity index (χ2n) is 5.72. The molecule has 1 heterocycles. The molecule has 5 nitrogen and oxygen atoms in total. The smallest absolute Gasteiger partial charge is 0.268 e. The van der Waals surface area contributed by atoms with E-state index in [-0.39, 0.29) is 11.9 Å². The number of fused-ring (bicyclic) bond motifs is 1. The highest BCUT2D eigenvalue weighted by atomic mass is 35.5. The number of methoxy groups -OCH3 is 2. The van der Waals surface area contributed by atoms with Crippen molar-refractivity contribution in [2.45, 2.75) is 13.0 Å². The average Bonchev–Trinajstić information content (AvgIpc) is 3.04. The number of nitrogens with one attached hydrogen (secondary N) is 2. The summed E-state index contributed by atoms with van der Waals surface area (Å²) in [5.74, 6) is 1.17. The summed E-state index contributed by atoms with van der Waals surface area (Å²) in [4.78, 5) is 15.7. The molecule has 130 valence electrons. The Morgan fingerprint density at radius 3 is 2.64 bits per heavy atom. The van der Waals surface area contributed by atoms with Gasteiger partial charge in [0.05, 0.1) is 20.3 Å². The number of rotatable bonds is 5. The molecular weight excluding hydrogens is 340 g/mol. The molecular formula is C19H19ClN2O3. The van der Waals surface area contributed by atoms with Crippen molar-refractivity contribution in [3.05, 3.63) is 58.7 Å². The van der Waals surface area contributed by atoms with Crippen LogP contribution in [0.3, 0.4) is 0 Å². The molecule has 2 aromatic carbocycles. The monoisotopic (exact) mass is 358 g/mol. The van der Waals surface area contributed by atoms with Crippen molar-refractivity contribution in [2.75, 3.05) is 14.2 Å². The number of H-pyrrole nitrogens is 1. The number of hydrogen-bond acceptors (Lipinski definition) is 3. The van der Waals surface area contributed by atoms with Crippen LogP contribution in [0, 0.1) is 0 Å². The molecule has 1 unspecified atom stereocenters. The summed E-state index contributed by atoms with van der Waals surface area (Å²) in [7, 11) is 3.19. The number of carbonyl (C=O) groups excluding carboxylic acids is 1. The molecule has 3 rings (SSSR count). The second-order valence-corrected chi connectivity index (χ2v) is 6.15. The van der Waals surface area contributed by atoms with Gasteiger partial charge in [-0.1, -0.05) is 11.6 Å². The molecule has 0 aliphatic heterocycles. The van der Waals surface area contributed by atoms with Crippen molar-refractivity contribution in [1.82, 2.24) is 10.3 Å². The van der Waals surface area contributed by atoms with Crippen molar-refractivity contribution in [2.24, 2.45) is 0 Å². The maximum Gasteiger partial charge on any atom is 0.268 e. The fraction of sp³-hybridized carbons (Fsp3) is 0.211. The highest BCUT2D eigenvalue weighted by Crippen LogP contribution is 2.29. The van der Waals surface area contributed by atoms with E-state index in [4.69, 9.17) is 21.1 Å². The van der Waals surface area contributed by atoms with Crippen molar-refractivity contribution < 1.29 is 14.3 Å². The molecule has 0 aliphatic carbocycles. The van der Waals surface area contributed by atoms with Crippen LogP contribution >= 0.6 is 11.6 Å². The third-order valence-corrected chi connectivity index (χ3v) is 4.32. The van der Waals surface area contributed by atoms with Gasteiger partial charge in [0.25, 0.3) is 5.91 Å². The number of ether oxygens (including phenoxy) is 2. The summed E-state index contributed by atoms with van der Waals surface area (Å²) in [5, 5.41) is 4.51. The minimum Gasteiger partial charge on any atom is -0.497 e. The first-order valence-electron chi connectivity index (χ1n) is 7.83. The Hall–Kier alpha value is -2.66. The number of carbonyl (C=O) groups is 1. The molecule has 0 fully saturated rings. The van der Waals surface area contributed by atoms with Gasteiger partial charge in [-0.15, -0.1) is 0 Å². The van der Waals surface area contributed by atoms with E-state index in [0.29, 0.717) is 22.2 Å². The Labute approximate surface area is 150 Å². The zero-order valence-corrected chi connectivity index (χ0v) is 15.0. The van der Waals surface area contributed by atoms with Crippen LogP contribution in [0.2, 0.25) is 5.02 Å². The quantitative estimate of drug-likeness (QED) is 0.713. The maximum atomic E-state index is 12.6. The Bertz CT molecular complexity index is 920. The molecule has 6 heteroatoms. The van der Waals surface area contributed by atoms with E-state index in [9.17, 15) is 4.79 Å². The first-order valence-corrected chi connectivity index (χ1v) is 8.20. The summed E-state index contributed by atoms with van der Waals surface area (Å²) in [6.07, 6.45) is 0. The lowest BCUT2D eigenvalue weighted by Crippen LogP contribution is -2.27. The molecule has 1 amide bonds. The van der Waals surface area contributed by atoms with Gasteiger partial charge in [0.2, 0.25) is 0 Å². The molecule has 25 heavy (non-hydrogen) atoms. The number of amides is 1. The van der Waals surface area contributed by atoms with E-state index in [1.165, 1.54) is 0 Å². The summed E-state index contributed by atoms with van der Waals surface area (Å²) in [6, 6.07) is 12.5. The van der Waals surface area contributed by atoms with Gasteiger partial charge in [-0.3, -0.25) is 4.79 Å². The fourth-order valence-corrected chi connectivity index (χ4v) is 2.93. The molecule has 0 spiro atoms. The van der Waals surface area contributed by atoms with Gasteiger partial charge < -0.3 is 19.8 Å². The van der Waals surface area contributed by atoms with Gasteiger partial charge in [-0.25, -0.2) is 0 Å². The zero-order chi connectivity index (χ0) is 18.0. The minimum absolute atomic E-state index is 0.197. The van der Waals surface area contributed by atoms with Crippen LogP contribution in [0.15, 0.2) is 42.5 Å². The summed E-state index contributed by atoms with van der Waals surface area (Å²) < 4.78 is 10.6. The van der Waals surface area contributed by atoms with Crippen LogP contribution in [0.4, 0.5) is 0 Å². The molecule has 0 saturated heterocycles. The summed E-state index contributed by atoms with van der Waals surface area (Å²) in [6.45, 7) is 1.90. The number of benzene rings is 2. The third-order valence-electron chi connectivity index (χ3n) is 4.08. The predicted octanol–water partition coefficient (Wildman–Crippen LogP) is 4.33. The van der Waals surface area contributed by atoms with E-state index in [2.05, 4.69) is 10.3 Å². The van der Waals surface area contributed by atoms with Gasteiger partial charge in [0.1, 0.15) is 17.2 Å². The van der Waals surface area contributed by atoms with Crippen LogP contribution in [-0.4, -0.2) is 25.1 Å². The second kappa shape index (κ2) is 7.07. The Kier molecular flexibility index (Phi) is 4.86. The highest BCUT2D eigenvalue weighted by Gasteiger charge is 2.17. The zero-order valence-electron chi connectivity index (χ0n) is 14.2. The summed E-state index contributed by atoms with van der Waals surface area (Å²) in [5.41, 5.74) is 2.22. The lowest BCUT2D eigenvalue weighted by molar-refractivity contribution is 0.0935. The van der Waals surface area contributed by atoms with Gasteiger partial charge in [0.15, 0.2) is 0 Å². The minimum atomic E-state index is -0.233. The number of aromatic amines is 1. The Morgan fingerprint density at radius 2 is 1.92 bits per heavy atom. The molecule has 0 radical (unpaired) electrons. The first-order chi connectivity index (χ1) is 12.0. The Morgan fingerprint density at radius 1 is 1.12 bits per heavy atom. The molecule has 0 saturated carbocycles. The van der Waals surface area contributed by atoms with Crippen molar-refractivity contribution in [3.8, 4) is 11.5 Å². The van der Waals surface area contributed by atoms with Crippen LogP contribution < -0.4 is 14.8 Å². The SMILES string of the molecule is COc1ccc(C(C)NC(=O)c2cc3cc(Cl)ccc3[nH]2)c(OC)c1. The van der Waals surface area contributed by atoms with E-state index in [0.717, 1.165) is 16.5 Å². The molecule has 2 N–H and O–H groups in total. The molecule has 1 aromatic heterocycles. The van der Waals surface area contributed by atoms with Crippen LogP contribution in [0.1, 0.15) is 29.0 Å². The van der Waals surface area contributed by atoms with Gasteiger partial charge in [-0.05, 0) is 43.3 Å². The molecule has 0 bridgehead atoms. The van der Waals surface area contributed by atoms with Crippen molar-refractivity contribution in [3.63, 3.8) is 0 Å². The fourth-order valence-electron chi connectivity index (χ4n) is 2.75. The largest absolute Gasteiger partial charge is 0.497 e. The van der Waals surface area contributed by atoms with Crippen molar-refractivity contribution in [1.29, 1.82) is 0 Å². The normalized spacial score (nSPS) is 12.0. The van der Waals surface area contributed by atoms with Gasteiger partial charge >= 0.3 is 0 Å². The van der Waals surface area contributed by atoms with E-state index < -0.39 is 0 Å². The van der Waals surface area contributed by atoms with Gasteiger partial charge in [-0.2, -0.15) is 0 Å². The Balaban J connectivity index is 1.81. The topological polar surface area (TPSA) is 63.3 Å². The lowest BCUT2D eigenvalue weighted by Gasteiger charge is -2.17. The number of aromatic nitrogens is 1. The average molecular weight is 359 g/mol. The maximum absolute atomic E-state index is 12.6. The van der Waals surface area contributed by atoms with E-state index >= 15 is 0 Å². The molecule has 1 atom stereocenters. The van der Waals surface area contributed by atoms with E-state index in [1.54, 1.807) is 32.4 Å². The third kappa shape index (κ3) is 3.56. The first kappa shape index (κ1) is 17.2. The molecule has 0 aliphatic rings. The highest BCUT2D eigenvalue weighted by molar-refractivity contribution is 6.31. The van der Waals surface area contributed by atoms with Crippen LogP contribution in [0.5, 0.6) is 11.5 Å². The van der Waals surface area contributed by atoms with Gasteiger partial charge in [0, 0.05) is 27.6 Å². The van der Waals surface area contributed by atoms with Crippen LogP contribution in [0.25, 0.3) is 10.9 Å². The van der Waals surface area contributed by atoms with Crippen molar-refractivity contribution >= 4 is 28.4 Å². The van der Waals surface area contributed by atoms with E-state index in [1.807, 2.05) is 31.2 Å². The number of hydrogen-bond donors (Lipinski definition) is 2. The predicted molar refractivity (Wildman–Crippen MR) is 98.7 cm³/mol. The number of halogens is 1. The van der Waals surface area contributed by atoms with Crippen LogP contribution in [-0.2, 0) is 0 Å². The molecule has 3 aromatic rings.